The molecule has 0 bridgehead atoms. The largest absolute Gasteiger partial charge is 0.369 e. The average Bonchev–Trinajstić information content (AvgIpc) is 2.64. The maximum Gasteiger partial charge on any atom is 0.201 e. The van der Waals surface area contributed by atoms with Gasteiger partial charge in [0.2, 0.25) is 5.95 Å². The van der Waals surface area contributed by atoms with Crippen LogP contribution >= 0.6 is 0 Å². The van der Waals surface area contributed by atoms with Crippen LogP contribution in [0.25, 0.3) is 11.0 Å². The molecular weight excluding hydrogens is 210 g/mol. The number of anilines is 1. The molecule has 1 aromatic heterocycles. The van der Waals surface area contributed by atoms with Gasteiger partial charge in [-0.2, -0.15) is 0 Å². The first-order valence-corrected chi connectivity index (χ1v) is 6.38. The standard InChI is InChI=1S/C14H21N3/c1-4-5-8-11(3)17-12-9-6-7-10(2)13(12)16-14(17)15/h6-7,9,11H,4-5,8H2,1-3H3,(H2,15,16). The number of para-hydroxylation sites is 1. The quantitative estimate of drug-likeness (QED) is 0.872. The second-order valence-corrected chi connectivity index (χ2v) is 4.77. The number of unbranched alkanes of at least 4 members (excludes halogenated alkanes) is 1. The van der Waals surface area contributed by atoms with Crippen LogP contribution in [0.2, 0.25) is 0 Å². The van der Waals surface area contributed by atoms with Gasteiger partial charge in [0.25, 0.3) is 0 Å². The molecule has 0 aliphatic rings. The molecule has 92 valence electrons. The molecule has 2 N–H and O–H groups in total. The molecule has 1 atom stereocenters. The first kappa shape index (κ1) is 12.0. The fourth-order valence-corrected chi connectivity index (χ4v) is 2.37. The van der Waals surface area contributed by atoms with E-state index in [2.05, 4.69) is 48.5 Å². The monoisotopic (exact) mass is 231 g/mol. The van der Waals surface area contributed by atoms with Crippen LogP contribution in [-0.4, -0.2) is 9.55 Å². The zero-order valence-electron chi connectivity index (χ0n) is 10.9. The highest BCUT2D eigenvalue weighted by Gasteiger charge is 2.14. The molecule has 1 heterocycles. The van der Waals surface area contributed by atoms with Crippen molar-refractivity contribution in [2.75, 3.05) is 5.73 Å². The molecule has 0 aliphatic heterocycles. The molecule has 3 heteroatoms. The van der Waals surface area contributed by atoms with Gasteiger partial charge in [-0.25, -0.2) is 4.98 Å². The smallest absolute Gasteiger partial charge is 0.201 e. The first-order valence-electron chi connectivity index (χ1n) is 6.38. The minimum atomic E-state index is 0.418. The van der Waals surface area contributed by atoms with Crippen LogP contribution in [0, 0.1) is 6.92 Å². The summed E-state index contributed by atoms with van der Waals surface area (Å²) < 4.78 is 2.16. The highest BCUT2D eigenvalue weighted by molar-refractivity contribution is 5.81. The number of fused-ring (bicyclic) bond motifs is 1. The van der Waals surface area contributed by atoms with E-state index >= 15 is 0 Å². The number of nitrogens with two attached hydrogens (primary N) is 1. The van der Waals surface area contributed by atoms with Crippen molar-refractivity contribution in [1.29, 1.82) is 0 Å². The molecule has 0 saturated carbocycles. The van der Waals surface area contributed by atoms with E-state index in [9.17, 15) is 0 Å². The van der Waals surface area contributed by atoms with Crippen molar-refractivity contribution in [2.24, 2.45) is 0 Å². The predicted octanol–water partition coefficient (Wildman–Crippen LogP) is 3.68. The third kappa shape index (κ3) is 2.14. The summed E-state index contributed by atoms with van der Waals surface area (Å²) in [5.41, 5.74) is 9.43. The van der Waals surface area contributed by atoms with Crippen LogP contribution in [0.4, 0.5) is 5.95 Å². The normalized spacial score (nSPS) is 13.1. The van der Waals surface area contributed by atoms with Crippen LogP contribution in [-0.2, 0) is 0 Å². The lowest BCUT2D eigenvalue weighted by Crippen LogP contribution is -2.08. The van der Waals surface area contributed by atoms with Crippen LogP contribution < -0.4 is 5.73 Å². The summed E-state index contributed by atoms with van der Waals surface area (Å²) in [6.45, 7) is 6.51. The molecule has 3 nitrogen and oxygen atoms in total. The van der Waals surface area contributed by atoms with Gasteiger partial charge in [-0.15, -0.1) is 0 Å². The van der Waals surface area contributed by atoms with Gasteiger partial charge in [-0.05, 0) is 31.9 Å². The Morgan fingerprint density at radius 3 is 2.88 bits per heavy atom. The Balaban J connectivity index is 2.46. The number of nitrogen functional groups attached to an aromatic ring is 1. The van der Waals surface area contributed by atoms with E-state index in [1.54, 1.807) is 0 Å². The van der Waals surface area contributed by atoms with Crippen molar-refractivity contribution >= 4 is 17.0 Å². The Labute approximate surface area is 103 Å². The number of rotatable bonds is 4. The average molecular weight is 231 g/mol. The molecule has 2 aromatic rings. The number of aromatic nitrogens is 2. The lowest BCUT2D eigenvalue weighted by molar-refractivity contribution is 0.501. The van der Waals surface area contributed by atoms with Gasteiger partial charge in [0, 0.05) is 6.04 Å². The van der Waals surface area contributed by atoms with Gasteiger partial charge in [-0.3, -0.25) is 0 Å². The van der Waals surface area contributed by atoms with E-state index in [0.717, 1.165) is 17.5 Å². The summed E-state index contributed by atoms with van der Waals surface area (Å²) in [7, 11) is 0. The van der Waals surface area contributed by atoms with Crippen molar-refractivity contribution in [3.05, 3.63) is 23.8 Å². The third-order valence-corrected chi connectivity index (χ3v) is 3.37. The van der Waals surface area contributed by atoms with E-state index in [4.69, 9.17) is 5.73 Å². The lowest BCUT2D eigenvalue weighted by Gasteiger charge is -2.15. The lowest BCUT2D eigenvalue weighted by atomic mass is 10.1. The summed E-state index contributed by atoms with van der Waals surface area (Å²) in [5.74, 6) is 0.637. The van der Waals surface area contributed by atoms with Gasteiger partial charge in [0.1, 0.15) is 0 Å². The molecule has 1 aromatic carbocycles. The zero-order chi connectivity index (χ0) is 12.4. The Morgan fingerprint density at radius 2 is 2.18 bits per heavy atom. The Bertz CT molecular complexity index is 513. The number of imidazole rings is 1. The molecule has 1 unspecified atom stereocenters. The molecule has 0 fully saturated rings. The Morgan fingerprint density at radius 1 is 1.41 bits per heavy atom. The predicted molar refractivity (Wildman–Crippen MR) is 73.1 cm³/mol. The minimum absolute atomic E-state index is 0.418. The van der Waals surface area contributed by atoms with Gasteiger partial charge in [0.05, 0.1) is 11.0 Å². The molecule has 0 amide bonds. The van der Waals surface area contributed by atoms with E-state index in [-0.39, 0.29) is 0 Å². The Kier molecular flexibility index (Phi) is 3.36. The summed E-state index contributed by atoms with van der Waals surface area (Å²) in [6, 6.07) is 6.67. The number of hydrogen-bond donors (Lipinski definition) is 1. The minimum Gasteiger partial charge on any atom is -0.369 e. The maximum atomic E-state index is 6.05. The van der Waals surface area contributed by atoms with E-state index in [0.29, 0.717) is 12.0 Å². The van der Waals surface area contributed by atoms with E-state index in [1.807, 2.05) is 0 Å². The molecular formula is C14H21N3. The summed E-state index contributed by atoms with van der Waals surface area (Å²) in [5, 5.41) is 0. The van der Waals surface area contributed by atoms with Gasteiger partial charge < -0.3 is 10.3 Å². The maximum absolute atomic E-state index is 6.05. The molecule has 0 saturated heterocycles. The van der Waals surface area contributed by atoms with Crippen LogP contribution in [0.15, 0.2) is 18.2 Å². The van der Waals surface area contributed by atoms with Crippen LogP contribution in [0.1, 0.15) is 44.7 Å². The SMILES string of the molecule is CCCCC(C)n1c(N)nc2c(C)cccc21. The fraction of sp³-hybridized carbons (Fsp3) is 0.500. The van der Waals surface area contributed by atoms with Crippen molar-refractivity contribution in [3.63, 3.8) is 0 Å². The van der Waals surface area contributed by atoms with E-state index < -0.39 is 0 Å². The molecule has 0 radical (unpaired) electrons. The van der Waals surface area contributed by atoms with Crippen LogP contribution in [0.5, 0.6) is 0 Å². The van der Waals surface area contributed by atoms with Crippen molar-refractivity contribution in [2.45, 2.75) is 46.1 Å². The Hall–Kier alpha value is -1.51. The molecule has 0 aliphatic carbocycles. The molecule has 2 rings (SSSR count). The van der Waals surface area contributed by atoms with Gasteiger partial charge in [-0.1, -0.05) is 31.9 Å². The highest BCUT2D eigenvalue weighted by atomic mass is 15.2. The zero-order valence-corrected chi connectivity index (χ0v) is 10.9. The second-order valence-electron chi connectivity index (χ2n) is 4.77. The third-order valence-electron chi connectivity index (χ3n) is 3.37. The first-order chi connectivity index (χ1) is 8.15. The number of benzene rings is 1. The van der Waals surface area contributed by atoms with Gasteiger partial charge in [0.15, 0.2) is 0 Å². The van der Waals surface area contributed by atoms with Crippen molar-refractivity contribution < 1.29 is 0 Å². The summed E-state index contributed by atoms with van der Waals surface area (Å²) >= 11 is 0. The fourth-order valence-electron chi connectivity index (χ4n) is 2.37. The number of hydrogen-bond acceptors (Lipinski definition) is 2. The summed E-state index contributed by atoms with van der Waals surface area (Å²) in [4.78, 5) is 4.48. The molecule has 0 spiro atoms. The number of nitrogens with zero attached hydrogens (tertiary/aromatic N) is 2. The van der Waals surface area contributed by atoms with Crippen molar-refractivity contribution in [1.82, 2.24) is 9.55 Å². The topological polar surface area (TPSA) is 43.8 Å². The van der Waals surface area contributed by atoms with Crippen molar-refractivity contribution in [3.8, 4) is 0 Å². The number of aryl methyl sites for hydroxylation is 1. The molecule has 17 heavy (non-hydrogen) atoms. The van der Waals surface area contributed by atoms with E-state index in [1.165, 1.54) is 18.4 Å². The highest BCUT2D eigenvalue weighted by Crippen LogP contribution is 2.27. The second kappa shape index (κ2) is 4.78. The summed E-state index contributed by atoms with van der Waals surface area (Å²) in [6.07, 6.45) is 3.60. The van der Waals surface area contributed by atoms with Crippen LogP contribution in [0.3, 0.4) is 0 Å². The van der Waals surface area contributed by atoms with Gasteiger partial charge >= 0.3 is 0 Å².